The van der Waals surface area contributed by atoms with Crippen molar-refractivity contribution in [2.45, 2.75) is 0 Å². The Morgan fingerprint density at radius 2 is 1.88 bits per heavy atom. The van der Waals surface area contributed by atoms with Crippen LogP contribution in [-0.4, -0.2) is 17.2 Å². The highest BCUT2D eigenvalue weighted by molar-refractivity contribution is 7.79. The predicted octanol–water partition coefficient (Wildman–Crippen LogP) is -1.09. The average molecular weight is 140 g/mol. The van der Waals surface area contributed by atoms with E-state index >= 15 is 0 Å². The fourth-order valence-electron chi connectivity index (χ4n) is 0.0408. The minimum Gasteiger partial charge on any atom is -0.738 e. The molecule has 48 valence electrons. The van der Waals surface area contributed by atoms with Crippen molar-refractivity contribution < 1.29 is 17.2 Å². The summed E-state index contributed by atoms with van der Waals surface area (Å²) >= 11 is 0. The van der Waals surface area contributed by atoms with Crippen LogP contribution in [0.25, 0.3) is 0 Å². The molecule has 0 fully saturated rings. The van der Waals surface area contributed by atoms with E-state index in [1.165, 1.54) is 5.28 Å². The van der Waals surface area contributed by atoms with E-state index in [0.717, 1.165) is 0 Å². The normalized spacial score (nSPS) is 13.9. The second-order valence-electron chi connectivity index (χ2n) is 0.747. The van der Waals surface area contributed by atoms with E-state index in [1.54, 1.807) is 0 Å². The molecule has 0 aromatic carbocycles. The lowest BCUT2D eigenvalue weighted by Gasteiger charge is -2.02. The van der Waals surface area contributed by atoms with Crippen LogP contribution in [0.2, 0.25) is 0 Å². The summed E-state index contributed by atoms with van der Waals surface area (Å²) in [5.74, 6) is 0. The fourth-order valence-corrected chi connectivity index (χ4v) is 0.122. The predicted molar refractivity (Wildman–Crippen MR) is 19.1 cm³/mol. The van der Waals surface area contributed by atoms with Gasteiger partial charge in [-0.2, -0.15) is 8.42 Å². The van der Waals surface area contributed by atoms with E-state index in [0.29, 0.717) is 0 Å². The average Bonchev–Trinajstić information content (AvgIpc) is 1.62. The summed E-state index contributed by atoms with van der Waals surface area (Å²) in [5, 5.41) is 19.6. The van der Waals surface area contributed by atoms with Crippen LogP contribution in [0.5, 0.6) is 0 Å². The fraction of sp³-hybridized carbons (Fsp3) is 0. The van der Waals surface area contributed by atoms with Gasteiger partial charge < -0.3 is 15.0 Å². The summed E-state index contributed by atoms with van der Waals surface area (Å²) in [4.78, 5) is 0. The Bertz CT molecular complexity index is 186. The molecule has 0 saturated carbocycles. The molecule has 0 aliphatic carbocycles. The number of nitrogens with zero attached hydrogens (tertiary/aromatic N) is 2. The highest BCUT2D eigenvalue weighted by atomic mass is 32.2. The topological polar surface area (TPSA) is 119 Å². The Morgan fingerprint density at radius 1 is 1.50 bits per heavy atom. The van der Waals surface area contributed by atoms with Gasteiger partial charge in [-0.1, -0.05) is 0 Å². The van der Waals surface area contributed by atoms with Gasteiger partial charge in [-0.25, -0.2) is 0 Å². The number of hydrogen-bond acceptors (Lipinski definition) is 6. The molecular formula is N2O5S-2. The van der Waals surface area contributed by atoms with Crippen LogP contribution < -0.4 is 0 Å². The van der Waals surface area contributed by atoms with Gasteiger partial charge in [0.2, 0.25) is 0 Å². The Balaban J connectivity index is 4.55. The van der Waals surface area contributed by atoms with Gasteiger partial charge in [0.25, 0.3) is 0 Å². The van der Waals surface area contributed by atoms with Gasteiger partial charge in [-0.15, -0.1) is 0 Å². The highest BCUT2D eigenvalue weighted by Gasteiger charge is 1.99. The van der Waals surface area contributed by atoms with Gasteiger partial charge in [0.05, 0.1) is 0 Å². The maximum absolute atomic E-state index is 9.37. The minimum atomic E-state index is -5.20. The molecule has 0 saturated heterocycles. The number of rotatable bonds is 1. The molecule has 0 unspecified atom stereocenters. The van der Waals surface area contributed by atoms with Crippen molar-refractivity contribution in [3.63, 3.8) is 0 Å². The first-order valence-corrected chi connectivity index (χ1v) is 2.61. The van der Waals surface area contributed by atoms with Gasteiger partial charge in [0, 0.05) is 4.27 Å². The second kappa shape index (κ2) is 1.92. The molecule has 8 heavy (non-hydrogen) atoms. The first-order chi connectivity index (χ1) is 3.48. The lowest BCUT2D eigenvalue weighted by atomic mass is 12.9. The third kappa shape index (κ3) is 1.71. The first kappa shape index (κ1) is 7.11. The monoisotopic (exact) mass is 140 g/mol. The standard InChI is InChI=1S/H2N2O5S/c3-1-2(4)8(5,6)7/h3H,(H,5,6,7)/p-2/b2-1-. The van der Waals surface area contributed by atoms with Crippen molar-refractivity contribution in [3.8, 4) is 0 Å². The van der Waals surface area contributed by atoms with Gasteiger partial charge in [0.1, 0.15) is 0 Å². The lowest BCUT2D eigenvalue weighted by molar-refractivity contribution is -0.371. The lowest BCUT2D eigenvalue weighted by Crippen LogP contribution is -2.11. The summed E-state index contributed by atoms with van der Waals surface area (Å²) in [6, 6.07) is 0. The minimum absolute atomic E-state index is 1.29. The molecule has 0 rings (SSSR count). The van der Waals surface area contributed by atoms with Gasteiger partial charge >= 0.3 is 10.3 Å². The summed E-state index contributed by atoms with van der Waals surface area (Å²) in [6.45, 7) is 0. The van der Waals surface area contributed by atoms with Crippen molar-refractivity contribution in [3.05, 3.63) is 10.4 Å². The zero-order valence-corrected chi connectivity index (χ0v) is 4.16. The maximum atomic E-state index is 9.37. The largest absolute Gasteiger partial charge is 0.738 e. The molecule has 0 spiro atoms. The van der Waals surface area contributed by atoms with E-state index < -0.39 is 14.6 Å². The summed E-state index contributed by atoms with van der Waals surface area (Å²) in [7, 11) is -5.20. The zero-order chi connectivity index (χ0) is 6.78. The molecule has 7 nitrogen and oxygen atoms in total. The summed E-state index contributed by atoms with van der Waals surface area (Å²) in [5.41, 5.74) is 0. The number of hydrogen-bond donors (Lipinski definition) is 0. The first-order valence-electron chi connectivity index (χ1n) is 1.25. The smallest absolute Gasteiger partial charge is 0.359 e. The van der Waals surface area contributed by atoms with Crippen LogP contribution in [0.15, 0.2) is 5.28 Å². The van der Waals surface area contributed by atoms with Crippen molar-refractivity contribution in [2.24, 2.45) is 5.28 Å². The Kier molecular flexibility index (Phi) is 1.71. The van der Waals surface area contributed by atoms with E-state index in [4.69, 9.17) is 5.21 Å². The SMILES string of the molecule is O=S(=O)([O-])/[N+]([O-])=N\[O-]. The Labute approximate surface area is 44.3 Å². The maximum Gasteiger partial charge on any atom is 0.359 e. The summed E-state index contributed by atoms with van der Waals surface area (Å²) in [6.07, 6.45) is 0. The molecule has 0 bridgehead atoms. The second-order valence-corrected chi connectivity index (χ2v) is 1.92. The van der Waals surface area contributed by atoms with E-state index in [-0.39, 0.29) is 0 Å². The van der Waals surface area contributed by atoms with Crippen molar-refractivity contribution in [1.29, 1.82) is 0 Å². The van der Waals surface area contributed by atoms with Crippen LogP contribution in [0.3, 0.4) is 0 Å². The Hall–Kier alpha value is -0.890. The van der Waals surface area contributed by atoms with E-state index in [9.17, 15) is 18.2 Å². The van der Waals surface area contributed by atoms with E-state index in [1.807, 2.05) is 0 Å². The molecule has 0 atom stereocenters. The molecular weight excluding hydrogens is 140 g/mol. The molecule has 0 N–H and O–H groups in total. The zero-order valence-electron chi connectivity index (χ0n) is 3.34. The molecule has 8 heteroatoms. The molecule has 0 aliphatic rings. The molecule has 0 radical (unpaired) electrons. The molecule has 0 heterocycles. The van der Waals surface area contributed by atoms with Crippen LogP contribution in [0.4, 0.5) is 0 Å². The quantitative estimate of drug-likeness (QED) is 0.198. The molecule has 0 aliphatic heterocycles. The Morgan fingerprint density at radius 3 is 1.88 bits per heavy atom. The highest BCUT2D eigenvalue weighted by Crippen LogP contribution is 1.82. The molecule has 0 aromatic rings. The van der Waals surface area contributed by atoms with E-state index in [2.05, 4.69) is 0 Å². The van der Waals surface area contributed by atoms with Crippen LogP contribution in [0.1, 0.15) is 0 Å². The van der Waals surface area contributed by atoms with Crippen LogP contribution in [-0.2, 0) is 10.3 Å². The van der Waals surface area contributed by atoms with Crippen molar-refractivity contribution >= 4 is 10.3 Å². The third-order valence-electron chi connectivity index (χ3n) is 0.258. The van der Waals surface area contributed by atoms with Crippen molar-refractivity contribution in [2.75, 3.05) is 0 Å². The molecule has 0 amide bonds. The third-order valence-corrected chi connectivity index (χ3v) is 0.707. The van der Waals surface area contributed by atoms with Crippen LogP contribution >= 0.6 is 0 Å². The van der Waals surface area contributed by atoms with Gasteiger partial charge in [0.15, 0.2) is 0 Å². The van der Waals surface area contributed by atoms with Gasteiger partial charge in [-0.3, -0.25) is 0 Å². The summed E-state index contributed by atoms with van der Waals surface area (Å²) < 4.78 is 26.5. The molecule has 0 aromatic heterocycles. The van der Waals surface area contributed by atoms with Crippen LogP contribution in [0, 0.1) is 10.4 Å². The van der Waals surface area contributed by atoms with Gasteiger partial charge in [-0.05, 0) is 5.28 Å². The van der Waals surface area contributed by atoms with Crippen molar-refractivity contribution in [1.82, 2.24) is 0 Å².